The van der Waals surface area contributed by atoms with Crippen molar-refractivity contribution in [1.29, 1.82) is 0 Å². The lowest BCUT2D eigenvalue weighted by molar-refractivity contribution is 0.0892. The van der Waals surface area contributed by atoms with Crippen molar-refractivity contribution in [1.82, 2.24) is 5.32 Å². The first kappa shape index (κ1) is 19.0. The second-order valence-corrected chi connectivity index (χ2v) is 7.33. The van der Waals surface area contributed by atoms with Crippen molar-refractivity contribution in [2.75, 3.05) is 13.7 Å². The van der Waals surface area contributed by atoms with E-state index in [-0.39, 0.29) is 18.3 Å². The van der Waals surface area contributed by atoms with Gasteiger partial charge in [-0.1, -0.05) is 18.1 Å². The van der Waals surface area contributed by atoms with Crippen LogP contribution in [0.2, 0.25) is 0 Å². The van der Waals surface area contributed by atoms with Crippen LogP contribution >= 0.6 is 11.3 Å². The van der Waals surface area contributed by atoms with Crippen molar-refractivity contribution in [2.45, 2.75) is 31.2 Å². The molecule has 3 rings (SSSR count). The predicted octanol–water partition coefficient (Wildman–Crippen LogP) is 3.69. The summed E-state index contributed by atoms with van der Waals surface area (Å²) in [7, 11) is 1.51. The van der Waals surface area contributed by atoms with E-state index in [0.717, 1.165) is 25.7 Å². The Hall–Kier alpha value is -2.78. The zero-order valence-electron chi connectivity index (χ0n) is 15.1. The van der Waals surface area contributed by atoms with Gasteiger partial charge in [-0.25, -0.2) is 0 Å². The topological polar surface area (TPSA) is 64.6 Å². The first-order valence-electron chi connectivity index (χ1n) is 8.75. The van der Waals surface area contributed by atoms with E-state index in [1.165, 1.54) is 18.4 Å². The van der Waals surface area contributed by atoms with E-state index >= 15 is 0 Å². The van der Waals surface area contributed by atoms with Gasteiger partial charge in [0, 0.05) is 0 Å². The molecule has 140 valence electrons. The Balaban J connectivity index is 1.67. The molecule has 5 nitrogen and oxygen atoms in total. The Morgan fingerprint density at radius 1 is 1.22 bits per heavy atom. The number of ketones is 1. The molecule has 1 saturated carbocycles. The van der Waals surface area contributed by atoms with E-state index in [9.17, 15) is 9.59 Å². The van der Waals surface area contributed by atoms with Crippen molar-refractivity contribution in [3.05, 3.63) is 46.2 Å². The molecule has 1 fully saturated rings. The summed E-state index contributed by atoms with van der Waals surface area (Å²) in [6.45, 7) is -0.183. The number of hydrogen-bond acceptors (Lipinski definition) is 5. The molecule has 0 aliphatic heterocycles. The number of Topliss-reactive ketones (excluding diaryl/α,β-unsaturated/α-hetero) is 1. The van der Waals surface area contributed by atoms with Gasteiger partial charge in [0.05, 0.1) is 12.7 Å². The van der Waals surface area contributed by atoms with Crippen LogP contribution in [0.15, 0.2) is 35.7 Å². The van der Waals surface area contributed by atoms with Gasteiger partial charge in [-0.3, -0.25) is 9.59 Å². The van der Waals surface area contributed by atoms with E-state index in [0.29, 0.717) is 21.9 Å². The number of thiophene rings is 1. The highest BCUT2D eigenvalue weighted by Gasteiger charge is 2.34. The highest BCUT2D eigenvalue weighted by Crippen LogP contribution is 2.31. The molecule has 1 aliphatic carbocycles. The van der Waals surface area contributed by atoms with Gasteiger partial charge in [0.15, 0.2) is 6.61 Å². The summed E-state index contributed by atoms with van der Waals surface area (Å²) >= 11 is 1.26. The van der Waals surface area contributed by atoms with Crippen LogP contribution in [0.1, 0.15) is 45.7 Å². The lowest BCUT2D eigenvalue weighted by atomic mass is 9.99. The summed E-state index contributed by atoms with van der Waals surface area (Å²) in [5.41, 5.74) is -0.135. The largest absolute Gasteiger partial charge is 0.496 e. The predicted molar refractivity (Wildman–Crippen MR) is 105 cm³/mol. The van der Waals surface area contributed by atoms with Gasteiger partial charge in [-0.05, 0) is 49.3 Å². The first-order chi connectivity index (χ1) is 13.1. The standard InChI is InChI=1S/C21H21NO4S/c1-3-21(11-6-7-12-21)22-20(24)19-18(10-13-27-19)26-14-16(23)15-8-4-5-9-17(15)25-2/h1,4-5,8-10,13H,6-7,11-12,14H2,2H3,(H,22,24). The third-order valence-electron chi connectivity index (χ3n) is 4.69. The fourth-order valence-electron chi connectivity index (χ4n) is 3.23. The molecule has 1 N–H and O–H groups in total. The van der Waals surface area contributed by atoms with Gasteiger partial charge < -0.3 is 14.8 Å². The summed E-state index contributed by atoms with van der Waals surface area (Å²) in [6, 6.07) is 8.65. The van der Waals surface area contributed by atoms with Gasteiger partial charge in [-0.2, -0.15) is 0 Å². The summed E-state index contributed by atoms with van der Waals surface area (Å²) in [4.78, 5) is 25.5. The maximum Gasteiger partial charge on any atom is 0.266 e. The van der Waals surface area contributed by atoms with E-state index < -0.39 is 5.54 Å². The summed E-state index contributed by atoms with van der Waals surface area (Å²) in [6.07, 6.45) is 9.22. The Morgan fingerprint density at radius 2 is 1.96 bits per heavy atom. The maximum atomic E-state index is 12.7. The minimum absolute atomic E-state index is 0.183. The molecular formula is C21H21NO4S. The van der Waals surface area contributed by atoms with Crippen LogP contribution in [-0.4, -0.2) is 30.9 Å². The molecule has 0 saturated heterocycles. The zero-order valence-corrected chi connectivity index (χ0v) is 15.9. The van der Waals surface area contributed by atoms with E-state index in [1.54, 1.807) is 35.7 Å². The molecule has 6 heteroatoms. The van der Waals surface area contributed by atoms with Gasteiger partial charge in [0.2, 0.25) is 5.78 Å². The zero-order chi connectivity index (χ0) is 19.3. The van der Waals surface area contributed by atoms with Crippen LogP contribution in [-0.2, 0) is 0 Å². The second kappa shape index (κ2) is 8.28. The average Bonchev–Trinajstić information content (AvgIpc) is 3.36. The number of nitrogens with one attached hydrogen (secondary N) is 1. The fraction of sp³-hybridized carbons (Fsp3) is 0.333. The number of benzene rings is 1. The third kappa shape index (κ3) is 4.15. The lowest BCUT2D eigenvalue weighted by Gasteiger charge is -2.24. The number of carbonyl (C=O) groups is 2. The molecular weight excluding hydrogens is 362 g/mol. The average molecular weight is 383 g/mol. The van der Waals surface area contributed by atoms with E-state index in [1.807, 2.05) is 0 Å². The van der Waals surface area contributed by atoms with Crippen LogP contribution in [0, 0.1) is 12.3 Å². The van der Waals surface area contributed by atoms with E-state index in [4.69, 9.17) is 15.9 Å². The molecule has 0 atom stereocenters. The number of rotatable bonds is 7. The second-order valence-electron chi connectivity index (χ2n) is 6.41. The molecule has 0 radical (unpaired) electrons. The van der Waals surface area contributed by atoms with Crippen LogP contribution < -0.4 is 14.8 Å². The SMILES string of the molecule is C#CC1(NC(=O)c2sccc2OCC(=O)c2ccccc2OC)CCCC1. The summed E-state index contributed by atoms with van der Waals surface area (Å²) in [5, 5.41) is 4.73. The number of hydrogen-bond donors (Lipinski definition) is 1. The molecule has 1 aliphatic rings. The minimum Gasteiger partial charge on any atom is -0.496 e. The smallest absolute Gasteiger partial charge is 0.266 e. The van der Waals surface area contributed by atoms with Crippen molar-refractivity contribution in [2.24, 2.45) is 0 Å². The van der Waals surface area contributed by atoms with Crippen LogP contribution in [0.4, 0.5) is 0 Å². The number of methoxy groups -OCH3 is 1. The minimum atomic E-state index is -0.578. The summed E-state index contributed by atoms with van der Waals surface area (Å²) < 4.78 is 10.8. The molecule has 0 spiro atoms. The van der Waals surface area contributed by atoms with Crippen molar-refractivity contribution in [3.63, 3.8) is 0 Å². The van der Waals surface area contributed by atoms with Crippen molar-refractivity contribution >= 4 is 23.0 Å². The number of terminal acetylenes is 1. The Morgan fingerprint density at radius 3 is 2.67 bits per heavy atom. The lowest BCUT2D eigenvalue weighted by Crippen LogP contribution is -2.44. The molecule has 2 aromatic rings. The number of carbonyl (C=O) groups excluding carboxylic acids is 2. The van der Waals surface area contributed by atoms with Crippen molar-refractivity contribution in [3.8, 4) is 23.8 Å². The first-order valence-corrected chi connectivity index (χ1v) is 9.63. The highest BCUT2D eigenvalue weighted by atomic mass is 32.1. The highest BCUT2D eigenvalue weighted by molar-refractivity contribution is 7.12. The fourth-order valence-corrected chi connectivity index (χ4v) is 3.96. The third-order valence-corrected chi connectivity index (χ3v) is 5.58. The molecule has 1 aromatic heterocycles. The summed E-state index contributed by atoms with van der Waals surface area (Å²) in [5.74, 6) is 3.13. The molecule has 0 unspecified atom stereocenters. The monoisotopic (exact) mass is 383 g/mol. The van der Waals surface area contributed by atoms with Gasteiger partial charge >= 0.3 is 0 Å². The maximum absolute atomic E-state index is 12.7. The quantitative estimate of drug-likeness (QED) is 0.585. The van der Waals surface area contributed by atoms with Gasteiger partial charge in [0.25, 0.3) is 5.91 Å². The Kier molecular flexibility index (Phi) is 5.82. The number of amides is 1. The van der Waals surface area contributed by atoms with Gasteiger partial charge in [-0.15, -0.1) is 17.8 Å². The molecule has 27 heavy (non-hydrogen) atoms. The van der Waals surface area contributed by atoms with E-state index in [2.05, 4.69) is 11.2 Å². The Bertz CT molecular complexity index is 874. The molecule has 1 heterocycles. The molecule has 0 bridgehead atoms. The number of para-hydroxylation sites is 1. The number of ether oxygens (including phenoxy) is 2. The van der Waals surface area contributed by atoms with Crippen molar-refractivity contribution < 1.29 is 19.1 Å². The molecule has 1 aromatic carbocycles. The van der Waals surface area contributed by atoms with Crippen LogP contribution in [0.5, 0.6) is 11.5 Å². The van der Waals surface area contributed by atoms with Crippen LogP contribution in [0.25, 0.3) is 0 Å². The van der Waals surface area contributed by atoms with Crippen LogP contribution in [0.3, 0.4) is 0 Å². The Labute approximate surface area is 162 Å². The van der Waals surface area contributed by atoms with Gasteiger partial charge in [0.1, 0.15) is 21.9 Å². The molecule has 1 amide bonds. The normalized spacial score (nSPS) is 15.0.